The standard InChI is InChI=1S/C11H13BrN2O2/c12-8-1-3-10(4-2-8)14-5-9(7-15)13-11(16)6-14/h1-4,9,15H,5-7H2,(H,13,16). The average molecular weight is 285 g/mol. The van der Waals surface area contributed by atoms with Gasteiger partial charge in [-0.1, -0.05) is 15.9 Å². The lowest BCUT2D eigenvalue weighted by molar-refractivity contribution is -0.121. The zero-order valence-corrected chi connectivity index (χ0v) is 10.3. The second kappa shape index (κ2) is 4.84. The topological polar surface area (TPSA) is 52.6 Å². The normalized spacial score (nSPS) is 20.8. The molecule has 1 aromatic carbocycles. The third kappa shape index (κ3) is 2.54. The number of aliphatic hydroxyl groups is 1. The first-order chi connectivity index (χ1) is 7.69. The van der Waals surface area contributed by atoms with Gasteiger partial charge in [0.1, 0.15) is 0 Å². The van der Waals surface area contributed by atoms with Crippen LogP contribution in [0.4, 0.5) is 5.69 Å². The van der Waals surface area contributed by atoms with Gasteiger partial charge in [-0.25, -0.2) is 0 Å². The van der Waals surface area contributed by atoms with Gasteiger partial charge in [-0.2, -0.15) is 0 Å². The Labute approximate surface area is 102 Å². The van der Waals surface area contributed by atoms with E-state index in [1.54, 1.807) is 0 Å². The lowest BCUT2D eigenvalue weighted by Gasteiger charge is -2.33. The average Bonchev–Trinajstić information content (AvgIpc) is 2.29. The lowest BCUT2D eigenvalue weighted by atomic mass is 10.2. The first-order valence-electron chi connectivity index (χ1n) is 5.10. The summed E-state index contributed by atoms with van der Waals surface area (Å²) in [6.45, 7) is 0.959. The van der Waals surface area contributed by atoms with E-state index in [2.05, 4.69) is 21.2 Å². The number of nitrogens with one attached hydrogen (secondary N) is 1. The Morgan fingerprint density at radius 2 is 2.12 bits per heavy atom. The number of rotatable bonds is 2. The smallest absolute Gasteiger partial charge is 0.239 e. The molecule has 1 fully saturated rings. The van der Waals surface area contributed by atoms with Gasteiger partial charge in [0, 0.05) is 16.7 Å². The van der Waals surface area contributed by atoms with Crippen molar-refractivity contribution in [2.45, 2.75) is 6.04 Å². The molecule has 16 heavy (non-hydrogen) atoms. The van der Waals surface area contributed by atoms with E-state index in [4.69, 9.17) is 5.11 Å². The number of amides is 1. The Morgan fingerprint density at radius 1 is 1.44 bits per heavy atom. The van der Waals surface area contributed by atoms with Crippen molar-refractivity contribution in [2.24, 2.45) is 0 Å². The Bertz CT molecular complexity index is 380. The second-order valence-electron chi connectivity index (χ2n) is 3.80. The van der Waals surface area contributed by atoms with Crippen LogP contribution in [-0.4, -0.2) is 36.8 Å². The van der Waals surface area contributed by atoms with Gasteiger partial charge in [-0.3, -0.25) is 4.79 Å². The molecule has 0 spiro atoms. The summed E-state index contributed by atoms with van der Waals surface area (Å²) in [6, 6.07) is 7.62. The molecule has 4 nitrogen and oxygen atoms in total. The van der Waals surface area contributed by atoms with E-state index >= 15 is 0 Å². The summed E-state index contributed by atoms with van der Waals surface area (Å²) in [5.41, 5.74) is 0.997. The highest BCUT2D eigenvalue weighted by Crippen LogP contribution is 2.19. The summed E-state index contributed by atoms with van der Waals surface area (Å²) < 4.78 is 1.01. The summed E-state index contributed by atoms with van der Waals surface area (Å²) in [5.74, 6) is -0.0479. The van der Waals surface area contributed by atoms with Crippen LogP contribution in [0.25, 0.3) is 0 Å². The van der Waals surface area contributed by atoms with E-state index in [1.807, 2.05) is 29.2 Å². The predicted molar refractivity (Wildman–Crippen MR) is 65.4 cm³/mol. The van der Waals surface area contributed by atoms with Crippen molar-refractivity contribution in [1.82, 2.24) is 5.32 Å². The monoisotopic (exact) mass is 284 g/mol. The van der Waals surface area contributed by atoms with E-state index in [9.17, 15) is 4.79 Å². The van der Waals surface area contributed by atoms with E-state index in [0.29, 0.717) is 13.1 Å². The number of benzene rings is 1. The van der Waals surface area contributed by atoms with Crippen LogP contribution in [0.15, 0.2) is 28.7 Å². The summed E-state index contributed by atoms with van der Waals surface area (Å²) in [6.07, 6.45) is 0. The van der Waals surface area contributed by atoms with Crippen LogP contribution >= 0.6 is 15.9 Å². The maximum Gasteiger partial charge on any atom is 0.239 e. The van der Waals surface area contributed by atoms with E-state index in [0.717, 1.165) is 10.2 Å². The quantitative estimate of drug-likeness (QED) is 0.843. The van der Waals surface area contributed by atoms with Crippen molar-refractivity contribution in [1.29, 1.82) is 0 Å². The molecule has 1 heterocycles. The molecule has 1 aliphatic rings. The van der Waals surface area contributed by atoms with Crippen molar-refractivity contribution >= 4 is 27.5 Å². The second-order valence-corrected chi connectivity index (χ2v) is 4.72. The van der Waals surface area contributed by atoms with Crippen LogP contribution in [0.5, 0.6) is 0 Å². The minimum Gasteiger partial charge on any atom is -0.394 e. The largest absolute Gasteiger partial charge is 0.394 e. The molecule has 2 N–H and O–H groups in total. The summed E-state index contributed by atoms with van der Waals surface area (Å²) in [4.78, 5) is 13.4. The summed E-state index contributed by atoms with van der Waals surface area (Å²) in [7, 11) is 0. The van der Waals surface area contributed by atoms with Crippen LogP contribution in [0.1, 0.15) is 0 Å². The summed E-state index contributed by atoms with van der Waals surface area (Å²) >= 11 is 3.37. The number of hydrogen-bond donors (Lipinski definition) is 2. The van der Waals surface area contributed by atoms with Crippen molar-refractivity contribution < 1.29 is 9.90 Å². The summed E-state index contributed by atoms with van der Waals surface area (Å²) in [5, 5.41) is 11.8. The molecule has 1 aliphatic heterocycles. The number of aliphatic hydroxyl groups excluding tert-OH is 1. The van der Waals surface area contributed by atoms with Gasteiger partial charge in [0.15, 0.2) is 0 Å². The van der Waals surface area contributed by atoms with Crippen LogP contribution in [0.2, 0.25) is 0 Å². The van der Waals surface area contributed by atoms with Gasteiger partial charge in [0.25, 0.3) is 0 Å². The molecular weight excluding hydrogens is 272 g/mol. The Kier molecular flexibility index (Phi) is 3.46. The van der Waals surface area contributed by atoms with Gasteiger partial charge >= 0.3 is 0 Å². The van der Waals surface area contributed by atoms with Gasteiger partial charge < -0.3 is 15.3 Å². The first kappa shape index (κ1) is 11.4. The SMILES string of the molecule is O=C1CN(c2ccc(Br)cc2)CC(CO)N1. The number of halogens is 1. The number of piperazine rings is 1. The zero-order valence-electron chi connectivity index (χ0n) is 8.69. The molecule has 86 valence electrons. The molecule has 5 heteroatoms. The molecule has 2 rings (SSSR count). The molecule has 1 saturated heterocycles. The fourth-order valence-electron chi connectivity index (χ4n) is 1.77. The minimum atomic E-state index is -0.176. The van der Waals surface area contributed by atoms with Crippen LogP contribution in [0.3, 0.4) is 0 Å². The maximum atomic E-state index is 11.4. The minimum absolute atomic E-state index is 0.0290. The third-order valence-electron chi connectivity index (χ3n) is 2.55. The van der Waals surface area contributed by atoms with E-state index in [-0.39, 0.29) is 18.6 Å². The molecular formula is C11H13BrN2O2. The number of carbonyl (C=O) groups excluding carboxylic acids is 1. The van der Waals surface area contributed by atoms with Gasteiger partial charge in [0.2, 0.25) is 5.91 Å². The molecule has 0 bridgehead atoms. The van der Waals surface area contributed by atoms with Crippen LogP contribution < -0.4 is 10.2 Å². The van der Waals surface area contributed by atoms with Gasteiger partial charge in [0.05, 0.1) is 19.2 Å². The van der Waals surface area contributed by atoms with Crippen LogP contribution in [0, 0.1) is 0 Å². The number of hydrogen-bond acceptors (Lipinski definition) is 3. The Morgan fingerprint density at radius 3 is 2.75 bits per heavy atom. The maximum absolute atomic E-state index is 11.4. The highest BCUT2D eigenvalue weighted by atomic mass is 79.9. The highest BCUT2D eigenvalue weighted by Gasteiger charge is 2.23. The van der Waals surface area contributed by atoms with E-state index < -0.39 is 0 Å². The Balaban J connectivity index is 2.14. The molecule has 1 unspecified atom stereocenters. The Hall–Kier alpha value is -1.07. The molecule has 0 saturated carbocycles. The van der Waals surface area contributed by atoms with Crippen molar-refractivity contribution in [2.75, 3.05) is 24.6 Å². The molecule has 1 amide bonds. The molecule has 0 aromatic heterocycles. The molecule has 1 aromatic rings. The number of carbonyl (C=O) groups is 1. The highest BCUT2D eigenvalue weighted by molar-refractivity contribution is 9.10. The van der Waals surface area contributed by atoms with Crippen molar-refractivity contribution in [3.05, 3.63) is 28.7 Å². The fraction of sp³-hybridized carbons (Fsp3) is 0.364. The van der Waals surface area contributed by atoms with Gasteiger partial charge in [-0.05, 0) is 24.3 Å². The molecule has 1 atom stereocenters. The lowest BCUT2D eigenvalue weighted by Crippen LogP contribution is -2.55. The number of anilines is 1. The molecule has 0 radical (unpaired) electrons. The van der Waals surface area contributed by atoms with Crippen molar-refractivity contribution in [3.63, 3.8) is 0 Å². The fourth-order valence-corrected chi connectivity index (χ4v) is 2.04. The first-order valence-corrected chi connectivity index (χ1v) is 5.89. The van der Waals surface area contributed by atoms with Crippen molar-refractivity contribution in [3.8, 4) is 0 Å². The third-order valence-corrected chi connectivity index (χ3v) is 3.08. The van der Waals surface area contributed by atoms with E-state index in [1.165, 1.54) is 0 Å². The predicted octanol–water partition coefficient (Wildman–Crippen LogP) is 0.746. The van der Waals surface area contributed by atoms with Gasteiger partial charge in [-0.15, -0.1) is 0 Å². The molecule has 0 aliphatic carbocycles. The number of nitrogens with zero attached hydrogens (tertiary/aromatic N) is 1. The zero-order chi connectivity index (χ0) is 11.5. The van der Waals surface area contributed by atoms with Crippen LogP contribution in [-0.2, 0) is 4.79 Å².